The Balaban J connectivity index is 1.79. The third-order valence-corrected chi connectivity index (χ3v) is 4.19. The van der Waals surface area contributed by atoms with Crippen LogP contribution in [0.3, 0.4) is 0 Å². The van der Waals surface area contributed by atoms with Crippen LogP contribution in [0, 0.1) is 0 Å². The molecule has 126 valence electrons. The summed E-state index contributed by atoms with van der Waals surface area (Å²) >= 11 is 5.88. The van der Waals surface area contributed by atoms with Gasteiger partial charge >= 0.3 is 0 Å². The van der Waals surface area contributed by atoms with Crippen LogP contribution in [-0.4, -0.2) is 21.3 Å². The van der Waals surface area contributed by atoms with Crippen molar-refractivity contribution in [2.75, 3.05) is 6.61 Å². The Labute approximate surface area is 146 Å². The minimum absolute atomic E-state index is 0.494. The lowest BCUT2D eigenvalue weighted by Crippen LogP contribution is -2.14. The number of aliphatic hydroxyl groups is 1. The molecule has 0 amide bonds. The summed E-state index contributed by atoms with van der Waals surface area (Å²) in [7, 11) is 0. The van der Waals surface area contributed by atoms with E-state index in [-0.39, 0.29) is 0 Å². The maximum absolute atomic E-state index is 10.4. The summed E-state index contributed by atoms with van der Waals surface area (Å²) in [4.78, 5) is 4.61. The number of hydrogen-bond acceptors (Lipinski definition) is 3. The largest absolute Gasteiger partial charge is 0.492 e. The van der Waals surface area contributed by atoms with Crippen molar-refractivity contribution in [3.63, 3.8) is 0 Å². The lowest BCUT2D eigenvalue weighted by Gasteiger charge is -2.14. The number of para-hydroxylation sites is 2. The Hall–Kier alpha value is -2.04. The summed E-state index contributed by atoms with van der Waals surface area (Å²) in [5, 5.41) is 11.1. The molecule has 0 fully saturated rings. The normalized spacial score (nSPS) is 12.5. The highest BCUT2D eigenvalue weighted by Gasteiger charge is 2.17. The zero-order valence-electron chi connectivity index (χ0n) is 13.7. The van der Waals surface area contributed by atoms with Gasteiger partial charge in [-0.2, -0.15) is 0 Å². The first kappa shape index (κ1) is 16.8. The Kier molecular flexibility index (Phi) is 5.38. The van der Waals surface area contributed by atoms with E-state index in [1.165, 1.54) is 0 Å². The van der Waals surface area contributed by atoms with Crippen molar-refractivity contribution in [2.45, 2.75) is 32.4 Å². The van der Waals surface area contributed by atoms with Crippen LogP contribution in [0.15, 0.2) is 48.5 Å². The molecular weight excluding hydrogens is 324 g/mol. The molecule has 0 saturated carbocycles. The molecule has 1 N–H and O–H groups in total. The van der Waals surface area contributed by atoms with Crippen molar-refractivity contribution in [1.82, 2.24) is 9.55 Å². The maximum atomic E-state index is 10.4. The van der Waals surface area contributed by atoms with Crippen molar-refractivity contribution >= 4 is 22.6 Å². The second-order valence-corrected chi connectivity index (χ2v) is 6.15. The van der Waals surface area contributed by atoms with Gasteiger partial charge in [0.15, 0.2) is 0 Å². The van der Waals surface area contributed by atoms with E-state index in [2.05, 4.69) is 11.9 Å². The molecule has 1 aromatic heterocycles. The zero-order chi connectivity index (χ0) is 16.9. The highest BCUT2D eigenvalue weighted by Crippen LogP contribution is 2.24. The second kappa shape index (κ2) is 7.69. The van der Waals surface area contributed by atoms with Gasteiger partial charge in [-0.3, -0.25) is 0 Å². The Morgan fingerprint density at radius 3 is 2.67 bits per heavy atom. The number of fused-ring (bicyclic) bond motifs is 1. The highest BCUT2D eigenvalue weighted by atomic mass is 35.5. The first-order valence-electron chi connectivity index (χ1n) is 8.20. The number of benzene rings is 2. The lowest BCUT2D eigenvalue weighted by molar-refractivity contribution is 0.151. The minimum Gasteiger partial charge on any atom is -0.492 e. The number of imidazole rings is 1. The van der Waals surface area contributed by atoms with Gasteiger partial charge in [0.25, 0.3) is 0 Å². The minimum atomic E-state index is -0.557. The van der Waals surface area contributed by atoms with Gasteiger partial charge in [0.2, 0.25) is 0 Å². The van der Waals surface area contributed by atoms with Gasteiger partial charge in [-0.25, -0.2) is 4.98 Å². The molecule has 3 aromatic rings. The van der Waals surface area contributed by atoms with Crippen LogP contribution >= 0.6 is 11.6 Å². The average molecular weight is 345 g/mol. The highest BCUT2D eigenvalue weighted by molar-refractivity contribution is 6.30. The molecule has 4 nitrogen and oxygen atoms in total. The van der Waals surface area contributed by atoms with Crippen LogP contribution < -0.4 is 4.74 Å². The van der Waals surface area contributed by atoms with Gasteiger partial charge in [-0.15, -0.1) is 0 Å². The number of halogens is 1. The Morgan fingerprint density at radius 1 is 1.17 bits per heavy atom. The fourth-order valence-corrected chi connectivity index (χ4v) is 2.90. The van der Waals surface area contributed by atoms with E-state index in [1.54, 1.807) is 12.1 Å². The first-order chi connectivity index (χ1) is 11.7. The van der Waals surface area contributed by atoms with E-state index >= 15 is 0 Å². The molecule has 0 aliphatic carbocycles. The predicted octanol–water partition coefficient (Wildman–Crippen LogP) is 4.60. The van der Waals surface area contributed by atoms with Gasteiger partial charge in [0.05, 0.1) is 17.6 Å². The molecular formula is C19H21ClN2O2. The van der Waals surface area contributed by atoms with E-state index in [0.29, 0.717) is 30.4 Å². The van der Waals surface area contributed by atoms with Crippen molar-refractivity contribution in [2.24, 2.45) is 0 Å². The predicted molar refractivity (Wildman–Crippen MR) is 96.5 cm³/mol. The van der Waals surface area contributed by atoms with E-state index in [9.17, 15) is 5.11 Å². The van der Waals surface area contributed by atoms with Crippen LogP contribution in [0.25, 0.3) is 11.0 Å². The van der Waals surface area contributed by atoms with Gasteiger partial charge in [-0.1, -0.05) is 37.1 Å². The molecule has 1 unspecified atom stereocenters. The van der Waals surface area contributed by atoms with E-state index < -0.39 is 6.10 Å². The molecule has 3 rings (SSSR count). The van der Waals surface area contributed by atoms with Gasteiger partial charge in [-0.05, 0) is 42.8 Å². The molecule has 1 heterocycles. The fraction of sp³-hybridized carbons (Fsp3) is 0.316. The standard InChI is InChI=1S/C19H21ClN2O2/c1-2-5-18(23)19-21-16-6-3-4-7-17(16)22(19)12-13-24-15-10-8-14(20)9-11-15/h3-4,6-11,18,23H,2,5,12-13H2,1H3. The molecule has 2 aromatic carbocycles. The number of hydrogen-bond donors (Lipinski definition) is 1. The first-order valence-corrected chi connectivity index (χ1v) is 8.58. The monoisotopic (exact) mass is 344 g/mol. The lowest BCUT2D eigenvalue weighted by atomic mass is 10.2. The van der Waals surface area contributed by atoms with E-state index in [0.717, 1.165) is 23.2 Å². The summed E-state index contributed by atoms with van der Waals surface area (Å²) < 4.78 is 7.84. The third-order valence-electron chi connectivity index (χ3n) is 3.94. The summed E-state index contributed by atoms with van der Waals surface area (Å²) in [6.07, 6.45) is 1.05. The van der Waals surface area contributed by atoms with Crippen molar-refractivity contribution in [1.29, 1.82) is 0 Å². The third kappa shape index (κ3) is 3.71. The molecule has 0 aliphatic rings. The van der Waals surface area contributed by atoms with Crippen molar-refractivity contribution < 1.29 is 9.84 Å². The topological polar surface area (TPSA) is 47.3 Å². The average Bonchev–Trinajstić information content (AvgIpc) is 2.96. The van der Waals surface area contributed by atoms with Crippen LogP contribution in [0.2, 0.25) is 5.02 Å². The fourth-order valence-electron chi connectivity index (χ4n) is 2.77. The van der Waals surface area contributed by atoms with Crippen molar-refractivity contribution in [3.8, 4) is 5.75 Å². The Morgan fingerprint density at radius 2 is 1.92 bits per heavy atom. The summed E-state index contributed by atoms with van der Waals surface area (Å²) in [5.41, 5.74) is 1.91. The molecule has 5 heteroatoms. The maximum Gasteiger partial charge on any atom is 0.138 e. The number of aromatic nitrogens is 2. The van der Waals surface area contributed by atoms with Gasteiger partial charge in [0.1, 0.15) is 24.3 Å². The van der Waals surface area contributed by atoms with E-state index in [1.807, 2.05) is 41.0 Å². The molecule has 0 saturated heterocycles. The Bertz CT molecular complexity index is 799. The summed E-state index contributed by atoms with van der Waals surface area (Å²) in [5.74, 6) is 1.48. The number of rotatable bonds is 7. The van der Waals surface area contributed by atoms with Crippen LogP contribution in [-0.2, 0) is 6.54 Å². The van der Waals surface area contributed by atoms with Crippen LogP contribution in [0.4, 0.5) is 0 Å². The quantitative estimate of drug-likeness (QED) is 0.681. The SMILES string of the molecule is CCCC(O)c1nc2ccccc2n1CCOc1ccc(Cl)cc1. The van der Waals surface area contributed by atoms with E-state index in [4.69, 9.17) is 16.3 Å². The molecule has 24 heavy (non-hydrogen) atoms. The summed E-state index contributed by atoms with van der Waals surface area (Å²) in [6, 6.07) is 15.2. The molecule has 0 bridgehead atoms. The molecule has 1 atom stereocenters. The number of nitrogens with zero attached hydrogens (tertiary/aromatic N) is 2. The smallest absolute Gasteiger partial charge is 0.138 e. The van der Waals surface area contributed by atoms with Crippen molar-refractivity contribution in [3.05, 3.63) is 59.4 Å². The van der Waals surface area contributed by atoms with Crippen LogP contribution in [0.1, 0.15) is 31.7 Å². The molecule has 0 radical (unpaired) electrons. The molecule has 0 spiro atoms. The van der Waals surface area contributed by atoms with Crippen LogP contribution in [0.5, 0.6) is 5.75 Å². The van der Waals surface area contributed by atoms with Gasteiger partial charge < -0.3 is 14.4 Å². The molecule has 0 aliphatic heterocycles. The summed E-state index contributed by atoms with van der Waals surface area (Å²) in [6.45, 7) is 3.17. The zero-order valence-corrected chi connectivity index (χ0v) is 14.4. The number of ether oxygens (including phenoxy) is 1. The van der Waals surface area contributed by atoms with Gasteiger partial charge in [0, 0.05) is 5.02 Å². The second-order valence-electron chi connectivity index (χ2n) is 5.72. The number of aliphatic hydroxyl groups excluding tert-OH is 1.